The van der Waals surface area contributed by atoms with Crippen molar-refractivity contribution < 1.29 is 27.5 Å². The molecule has 1 aromatic carbocycles. The van der Waals surface area contributed by atoms with Crippen molar-refractivity contribution in [3.63, 3.8) is 0 Å². The van der Waals surface area contributed by atoms with E-state index in [0.717, 1.165) is 18.2 Å². The highest BCUT2D eigenvalue weighted by atomic mass is 32.1. The average Bonchev–Trinajstić information content (AvgIpc) is 3.07. The van der Waals surface area contributed by atoms with E-state index >= 15 is 0 Å². The fraction of sp³-hybridized carbons (Fsp3) is 0.0588. The Morgan fingerprint density at radius 3 is 2.35 bits per heavy atom. The zero-order chi connectivity index (χ0) is 18.9. The Balaban J connectivity index is 1.88. The highest BCUT2D eigenvalue weighted by Gasteiger charge is 2.33. The first-order valence-corrected chi connectivity index (χ1v) is 8.00. The molecule has 0 saturated heterocycles. The molecule has 3 aromatic rings. The molecule has 4 nitrogen and oxygen atoms in total. The number of benzene rings is 1. The first kappa shape index (κ1) is 17.9. The van der Waals surface area contributed by atoms with E-state index in [4.69, 9.17) is 0 Å². The van der Waals surface area contributed by atoms with Crippen LogP contribution in [0, 0.1) is 5.82 Å². The van der Waals surface area contributed by atoms with Gasteiger partial charge >= 0.3 is 6.18 Å². The van der Waals surface area contributed by atoms with E-state index in [9.17, 15) is 27.5 Å². The fourth-order valence-corrected chi connectivity index (χ4v) is 2.98. The number of alkyl halides is 3. The number of rotatable bonds is 3. The molecule has 0 atom stereocenters. The molecule has 0 spiro atoms. The Bertz CT molecular complexity index is 952. The van der Waals surface area contributed by atoms with Crippen LogP contribution >= 0.6 is 11.3 Å². The van der Waals surface area contributed by atoms with Crippen molar-refractivity contribution in [2.24, 2.45) is 0 Å². The predicted molar refractivity (Wildman–Crippen MR) is 88.6 cm³/mol. The summed E-state index contributed by atoms with van der Waals surface area (Å²) in [4.78, 5) is 15.4. The molecular formula is C17H10F4N2O2S. The maximum absolute atomic E-state index is 12.9. The van der Waals surface area contributed by atoms with E-state index in [0.29, 0.717) is 17.0 Å². The lowest BCUT2D eigenvalue weighted by Gasteiger charge is -2.07. The lowest BCUT2D eigenvalue weighted by atomic mass is 10.2. The molecular weight excluding hydrogens is 372 g/mol. The van der Waals surface area contributed by atoms with E-state index < -0.39 is 22.8 Å². The molecule has 0 radical (unpaired) electrons. The number of hydrogen-bond acceptors (Lipinski definition) is 4. The van der Waals surface area contributed by atoms with Gasteiger partial charge in [-0.1, -0.05) is 0 Å². The standard InChI is InChI=1S/C17H10F4N2O2S/c18-9-1-3-10(4-2-9)22-16(25)11-5-6-12(24)15(23-11)13-7-8-14(26-13)17(19,20)21/h1-8,24H,(H,22,25). The Morgan fingerprint density at radius 1 is 1.04 bits per heavy atom. The van der Waals surface area contributed by atoms with Gasteiger partial charge in [0.25, 0.3) is 5.91 Å². The van der Waals surface area contributed by atoms with Gasteiger partial charge in [-0.15, -0.1) is 11.3 Å². The summed E-state index contributed by atoms with van der Waals surface area (Å²) in [6.45, 7) is 0. The number of amides is 1. The minimum absolute atomic E-state index is 0.0752. The summed E-state index contributed by atoms with van der Waals surface area (Å²) in [6.07, 6.45) is -4.50. The lowest BCUT2D eigenvalue weighted by Crippen LogP contribution is -2.13. The number of carbonyl (C=O) groups excluding carboxylic acids is 1. The Labute approximate surface area is 148 Å². The Kier molecular flexibility index (Phi) is 4.64. The highest BCUT2D eigenvalue weighted by molar-refractivity contribution is 7.15. The molecule has 0 bridgehead atoms. The number of thiophene rings is 1. The van der Waals surface area contributed by atoms with Crippen LogP contribution < -0.4 is 5.32 Å². The first-order chi connectivity index (χ1) is 12.2. The minimum atomic E-state index is -4.50. The third-order valence-electron chi connectivity index (χ3n) is 3.33. The van der Waals surface area contributed by atoms with Crippen molar-refractivity contribution in [2.45, 2.75) is 6.18 Å². The van der Waals surface area contributed by atoms with E-state index in [2.05, 4.69) is 10.3 Å². The van der Waals surface area contributed by atoms with Crippen molar-refractivity contribution in [1.82, 2.24) is 4.98 Å². The van der Waals surface area contributed by atoms with Crippen LogP contribution in [-0.2, 0) is 6.18 Å². The number of aromatic nitrogens is 1. The molecule has 1 amide bonds. The van der Waals surface area contributed by atoms with Crippen LogP contribution in [0.5, 0.6) is 5.75 Å². The molecule has 0 saturated carbocycles. The van der Waals surface area contributed by atoms with E-state index in [1.54, 1.807) is 0 Å². The molecule has 0 aliphatic heterocycles. The number of anilines is 1. The van der Waals surface area contributed by atoms with Crippen LogP contribution in [0.1, 0.15) is 15.4 Å². The maximum atomic E-state index is 12.9. The molecule has 0 aliphatic rings. The number of nitrogens with zero attached hydrogens (tertiary/aromatic N) is 1. The summed E-state index contributed by atoms with van der Waals surface area (Å²) < 4.78 is 51.1. The summed E-state index contributed by atoms with van der Waals surface area (Å²) in [6, 6.07) is 9.49. The van der Waals surface area contributed by atoms with Crippen molar-refractivity contribution in [1.29, 1.82) is 0 Å². The van der Waals surface area contributed by atoms with Gasteiger partial charge in [-0.3, -0.25) is 4.79 Å². The molecule has 2 N–H and O–H groups in total. The third-order valence-corrected chi connectivity index (χ3v) is 4.46. The molecule has 2 aromatic heterocycles. The van der Waals surface area contributed by atoms with Gasteiger partial charge in [0.2, 0.25) is 0 Å². The van der Waals surface area contributed by atoms with Crippen LogP contribution in [0.2, 0.25) is 0 Å². The van der Waals surface area contributed by atoms with Gasteiger partial charge in [-0.25, -0.2) is 9.37 Å². The van der Waals surface area contributed by atoms with Gasteiger partial charge in [0.1, 0.15) is 27.8 Å². The van der Waals surface area contributed by atoms with Gasteiger partial charge in [0.15, 0.2) is 0 Å². The van der Waals surface area contributed by atoms with Gasteiger partial charge < -0.3 is 10.4 Å². The molecule has 0 aliphatic carbocycles. The second-order valence-electron chi connectivity index (χ2n) is 5.19. The molecule has 2 heterocycles. The maximum Gasteiger partial charge on any atom is 0.425 e. The molecule has 0 fully saturated rings. The SMILES string of the molecule is O=C(Nc1ccc(F)cc1)c1ccc(O)c(-c2ccc(C(F)(F)F)s2)n1. The largest absolute Gasteiger partial charge is 0.506 e. The van der Waals surface area contributed by atoms with Gasteiger partial charge in [0, 0.05) is 5.69 Å². The molecule has 26 heavy (non-hydrogen) atoms. The minimum Gasteiger partial charge on any atom is -0.506 e. The van der Waals surface area contributed by atoms with Crippen molar-refractivity contribution in [3.05, 3.63) is 64.9 Å². The quantitative estimate of drug-likeness (QED) is 0.632. The van der Waals surface area contributed by atoms with E-state index in [-0.39, 0.29) is 22.0 Å². The number of nitrogens with one attached hydrogen (secondary N) is 1. The smallest absolute Gasteiger partial charge is 0.425 e. The first-order valence-electron chi connectivity index (χ1n) is 7.18. The second-order valence-corrected chi connectivity index (χ2v) is 6.27. The predicted octanol–water partition coefficient (Wildman–Crippen LogP) is 4.93. The monoisotopic (exact) mass is 382 g/mol. The lowest BCUT2D eigenvalue weighted by molar-refractivity contribution is -0.134. The summed E-state index contributed by atoms with van der Waals surface area (Å²) in [7, 11) is 0. The zero-order valence-electron chi connectivity index (χ0n) is 12.8. The number of aromatic hydroxyl groups is 1. The number of halogens is 4. The Morgan fingerprint density at radius 2 is 1.73 bits per heavy atom. The van der Waals surface area contributed by atoms with Crippen LogP contribution in [0.15, 0.2) is 48.5 Å². The summed E-state index contributed by atoms with van der Waals surface area (Å²) in [5, 5.41) is 12.4. The van der Waals surface area contributed by atoms with Crippen LogP contribution in [0.25, 0.3) is 10.6 Å². The van der Waals surface area contributed by atoms with Gasteiger partial charge in [0.05, 0.1) is 4.88 Å². The summed E-state index contributed by atoms with van der Waals surface area (Å²) in [5.41, 5.74) is 0.0876. The fourth-order valence-electron chi connectivity index (χ4n) is 2.11. The van der Waals surface area contributed by atoms with Crippen molar-refractivity contribution in [2.75, 3.05) is 5.32 Å². The average molecular weight is 382 g/mol. The molecule has 3 rings (SSSR count). The normalized spacial score (nSPS) is 11.4. The topological polar surface area (TPSA) is 62.2 Å². The van der Waals surface area contributed by atoms with Crippen molar-refractivity contribution in [3.8, 4) is 16.3 Å². The highest BCUT2D eigenvalue weighted by Crippen LogP contribution is 2.40. The van der Waals surface area contributed by atoms with Crippen LogP contribution in [-0.4, -0.2) is 16.0 Å². The summed E-state index contributed by atoms with van der Waals surface area (Å²) in [5.74, 6) is -1.46. The number of pyridine rings is 1. The summed E-state index contributed by atoms with van der Waals surface area (Å²) >= 11 is 0.412. The molecule has 0 unspecified atom stereocenters. The third kappa shape index (κ3) is 3.83. The van der Waals surface area contributed by atoms with E-state index in [1.165, 1.54) is 30.3 Å². The Hall–Kier alpha value is -2.94. The number of hydrogen-bond donors (Lipinski definition) is 2. The van der Waals surface area contributed by atoms with Crippen LogP contribution in [0.3, 0.4) is 0 Å². The number of carbonyl (C=O) groups is 1. The zero-order valence-corrected chi connectivity index (χ0v) is 13.7. The van der Waals surface area contributed by atoms with Crippen LogP contribution in [0.4, 0.5) is 23.2 Å². The van der Waals surface area contributed by atoms with Gasteiger partial charge in [-0.2, -0.15) is 13.2 Å². The van der Waals surface area contributed by atoms with E-state index in [1.807, 2.05) is 0 Å². The molecule has 134 valence electrons. The second kappa shape index (κ2) is 6.75. The van der Waals surface area contributed by atoms with Crippen molar-refractivity contribution >= 4 is 22.9 Å². The van der Waals surface area contributed by atoms with Gasteiger partial charge in [-0.05, 0) is 48.5 Å². The molecule has 9 heteroatoms.